The molecule has 6 heteroatoms. The summed E-state index contributed by atoms with van der Waals surface area (Å²) in [5.74, 6) is -0.847. The molecule has 1 heterocycles. The van der Waals surface area contributed by atoms with Crippen molar-refractivity contribution in [2.24, 2.45) is 0 Å². The molecule has 4 atom stereocenters. The summed E-state index contributed by atoms with van der Waals surface area (Å²) in [6, 6.07) is 9.72. The number of ether oxygens (including phenoxy) is 1. The maximum absolute atomic E-state index is 13.0. The number of fused-ring (bicyclic) bond motifs is 2. The van der Waals surface area contributed by atoms with Crippen molar-refractivity contribution in [2.45, 2.75) is 37.7 Å². The maximum Gasteiger partial charge on any atom is 0.198 e. The van der Waals surface area contributed by atoms with Crippen molar-refractivity contribution in [3.05, 3.63) is 64.2 Å². The van der Waals surface area contributed by atoms with Crippen LogP contribution in [-0.4, -0.2) is 59.0 Å². The number of nitrogens with zero attached hydrogens (tertiary/aromatic N) is 1. The van der Waals surface area contributed by atoms with Gasteiger partial charge < -0.3 is 19.8 Å². The first-order valence-corrected chi connectivity index (χ1v) is 9.35. The molecule has 1 aliphatic carbocycles. The van der Waals surface area contributed by atoms with Gasteiger partial charge in [-0.15, -0.1) is 0 Å². The van der Waals surface area contributed by atoms with Gasteiger partial charge in [-0.25, -0.2) is 0 Å². The number of likely N-dealkylation sites (N-methyl/N-ethyl adjacent to an activating group) is 1. The van der Waals surface area contributed by atoms with Crippen molar-refractivity contribution >= 4 is 11.6 Å². The monoisotopic (exact) mass is 381 g/mol. The van der Waals surface area contributed by atoms with Crippen molar-refractivity contribution < 1.29 is 24.5 Å². The smallest absolute Gasteiger partial charge is 0.198 e. The van der Waals surface area contributed by atoms with Crippen molar-refractivity contribution in [3.63, 3.8) is 0 Å². The molecule has 1 saturated heterocycles. The van der Waals surface area contributed by atoms with Crippen LogP contribution in [0.1, 0.15) is 56.9 Å². The summed E-state index contributed by atoms with van der Waals surface area (Å²) < 4.78 is 5.94. The van der Waals surface area contributed by atoms with E-state index in [1.165, 1.54) is 0 Å². The molecule has 4 rings (SSSR count). The number of hydrogen-bond acceptors (Lipinski definition) is 6. The molecule has 6 nitrogen and oxygen atoms in total. The van der Waals surface area contributed by atoms with Crippen LogP contribution in [0.3, 0.4) is 0 Å². The fourth-order valence-corrected chi connectivity index (χ4v) is 4.23. The minimum atomic E-state index is -0.652. The van der Waals surface area contributed by atoms with Crippen LogP contribution in [0, 0.1) is 0 Å². The van der Waals surface area contributed by atoms with E-state index in [4.69, 9.17) is 4.74 Å². The highest BCUT2D eigenvalue weighted by molar-refractivity contribution is 6.29. The van der Waals surface area contributed by atoms with Gasteiger partial charge in [-0.1, -0.05) is 30.3 Å². The second kappa shape index (κ2) is 6.81. The molecule has 0 bridgehead atoms. The largest absolute Gasteiger partial charge is 0.507 e. The second-order valence-electron chi connectivity index (χ2n) is 7.72. The predicted octanol–water partition coefficient (Wildman–Crippen LogP) is 2.31. The van der Waals surface area contributed by atoms with E-state index in [2.05, 4.69) is 0 Å². The number of hydrogen-bond donors (Lipinski definition) is 2. The van der Waals surface area contributed by atoms with Crippen LogP contribution >= 0.6 is 0 Å². The van der Waals surface area contributed by atoms with Gasteiger partial charge in [0.2, 0.25) is 0 Å². The Labute approximate surface area is 163 Å². The number of rotatable bonds is 2. The van der Waals surface area contributed by atoms with Crippen LogP contribution in [0.5, 0.6) is 5.75 Å². The Morgan fingerprint density at radius 2 is 1.64 bits per heavy atom. The molecule has 2 aromatic carbocycles. The summed E-state index contributed by atoms with van der Waals surface area (Å²) in [5, 5.41) is 21.3. The number of aliphatic hydroxyl groups is 1. The van der Waals surface area contributed by atoms with Crippen LogP contribution in [0.25, 0.3) is 0 Å². The van der Waals surface area contributed by atoms with E-state index in [-0.39, 0.29) is 34.5 Å². The molecule has 2 aromatic rings. The predicted molar refractivity (Wildman–Crippen MR) is 103 cm³/mol. The standard InChI is InChI=1S/C22H23NO5/c1-11-19(24)16(23(2)3)10-17(28-11)14-8-9-15-18(22(14)27)21(26)13-7-5-4-6-12(13)20(15)25/h4-9,11,16-17,19,24,27H,10H2,1-3H3/t11-,16+,17-,19-/m1/s1. The van der Waals surface area contributed by atoms with Gasteiger partial charge in [0.05, 0.1) is 23.9 Å². The summed E-state index contributed by atoms with van der Waals surface area (Å²) in [5.41, 5.74) is 1.35. The Morgan fingerprint density at radius 3 is 2.29 bits per heavy atom. The Bertz CT molecular complexity index is 967. The summed E-state index contributed by atoms with van der Waals surface area (Å²) in [6.45, 7) is 1.79. The minimum absolute atomic E-state index is 0.0324. The lowest BCUT2D eigenvalue weighted by Gasteiger charge is -2.41. The lowest BCUT2D eigenvalue weighted by atomic mass is 9.81. The lowest BCUT2D eigenvalue weighted by Crippen LogP contribution is -2.50. The highest BCUT2D eigenvalue weighted by Gasteiger charge is 2.40. The number of phenolic OH excluding ortho intramolecular Hbond substituents is 1. The lowest BCUT2D eigenvalue weighted by molar-refractivity contribution is -0.142. The van der Waals surface area contributed by atoms with Gasteiger partial charge in [0, 0.05) is 28.3 Å². The Balaban J connectivity index is 1.78. The van der Waals surface area contributed by atoms with Crippen molar-refractivity contribution in [3.8, 4) is 5.75 Å². The summed E-state index contributed by atoms with van der Waals surface area (Å²) in [7, 11) is 3.77. The van der Waals surface area contributed by atoms with E-state index >= 15 is 0 Å². The van der Waals surface area contributed by atoms with Crippen LogP contribution in [0.15, 0.2) is 36.4 Å². The quantitative estimate of drug-likeness (QED) is 0.708. The van der Waals surface area contributed by atoms with Gasteiger partial charge in [0.25, 0.3) is 0 Å². The topological polar surface area (TPSA) is 87.1 Å². The fourth-order valence-electron chi connectivity index (χ4n) is 4.23. The van der Waals surface area contributed by atoms with Gasteiger partial charge in [-0.05, 0) is 33.5 Å². The minimum Gasteiger partial charge on any atom is -0.507 e. The highest BCUT2D eigenvalue weighted by atomic mass is 16.5. The zero-order valence-electron chi connectivity index (χ0n) is 16.0. The maximum atomic E-state index is 13.0. The first-order valence-electron chi connectivity index (χ1n) is 9.35. The zero-order chi connectivity index (χ0) is 20.2. The van der Waals surface area contributed by atoms with E-state index < -0.39 is 18.3 Å². The van der Waals surface area contributed by atoms with E-state index in [9.17, 15) is 19.8 Å². The average Bonchev–Trinajstić information content (AvgIpc) is 2.67. The molecule has 0 spiro atoms. The van der Waals surface area contributed by atoms with E-state index in [0.717, 1.165) is 0 Å². The van der Waals surface area contributed by atoms with E-state index in [1.54, 1.807) is 43.3 Å². The second-order valence-corrected chi connectivity index (χ2v) is 7.72. The van der Waals surface area contributed by atoms with Gasteiger partial charge in [0.15, 0.2) is 11.6 Å². The van der Waals surface area contributed by atoms with E-state index in [0.29, 0.717) is 23.1 Å². The third kappa shape index (κ3) is 2.76. The highest BCUT2D eigenvalue weighted by Crippen LogP contribution is 2.42. The van der Waals surface area contributed by atoms with Crippen LogP contribution < -0.4 is 0 Å². The molecule has 2 N–H and O–H groups in total. The molecule has 146 valence electrons. The van der Waals surface area contributed by atoms with Crippen LogP contribution in [0.4, 0.5) is 0 Å². The molecule has 1 aliphatic heterocycles. The summed E-state index contributed by atoms with van der Waals surface area (Å²) in [6.07, 6.45) is -1.11. The number of aromatic hydroxyl groups is 1. The molecule has 28 heavy (non-hydrogen) atoms. The van der Waals surface area contributed by atoms with Gasteiger partial charge >= 0.3 is 0 Å². The number of aliphatic hydroxyl groups excluding tert-OH is 1. The van der Waals surface area contributed by atoms with Gasteiger partial charge in [0.1, 0.15) is 5.75 Å². The Morgan fingerprint density at radius 1 is 1.00 bits per heavy atom. The normalized spacial score (nSPS) is 26.9. The number of phenols is 1. The molecule has 2 aliphatic rings. The van der Waals surface area contributed by atoms with Crippen LogP contribution in [-0.2, 0) is 4.74 Å². The molecule has 0 radical (unpaired) electrons. The number of ketones is 2. The Hall–Kier alpha value is -2.54. The molecule has 0 saturated carbocycles. The van der Waals surface area contributed by atoms with Crippen molar-refractivity contribution in [1.82, 2.24) is 4.90 Å². The van der Waals surface area contributed by atoms with E-state index in [1.807, 2.05) is 19.0 Å². The number of benzene rings is 2. The van der Waals surface area contributed by atoms with Gasteiger partial charge in [-0.3, -0.25) is 9.59 Å². The van der Waals surface area contributed by atoms with Gasteiger partial charge in [-0.2, -0.15) is 0 Å². The zero-order valence-corrected chi connectivity index (χ0v) is 16.0. The summed E-state index contributed by atoms with van der Waals surface area (Å²) >= 11 is 0. The molecule has 0 unspecified atom stereocenters. The first kappa shape index (κ1) is 18.8. The third-order valence-electron chi connectivity index (χ3n) is 5.82. The first-order chi connectivity index (χ1) is 13.3. The van der Waals surface area contributed by atoms with Crippen LogP contribution in [0.2, 0.25) is 0 Å². The number of carbonyl (C=O) groups is 2. The molecular weight excluding hydrogens is 358 g/mol. The molecule has 1 fully saturated rings. The number of carbonyl (C=O) groups excluding carboxylic acids is 2. The Kier molecular flexibility index (Phi) is 4.57. The summed E-state index contributed by atoms with van der Waals surface area (Å²) in [4.78, 5) is 27.7. The SMILES string of the molecule is C[C@H]1O[C@@H](c2ccc3c(c2O)C(=O)c2ccccc2C3=O)C[C@H](N(C)C)[C@@H]1O. The van der Waals surface area contributed by atoms with Crippen molar-refractivity contribution in [2.75, 3.05) is 14.1 Å². The molecule has 0 aromatic heterocycles. The molecule has 0 amide bonds. The molecular formula is C22H23NO5. The fraction of sp³-hybridized carbons (Fsp3) is 0.364. The third-order valence-corrected chi connectivity index (χ3v) is 5.82. The average molecular weight is 381 g/mol. The van der Waals surface area contributed by atoms with Crippen molar-refractivity contribution in [1.29, 1.82) is 0 Å².